The van der Waals surface area contributed by atoms with E-state index in [1.165, 1.54) is 44.2 Å². The Morgan fingerprint density at radius 2 is 1.80 bits per heavy atom. The van der Waals surface area contributed by atoms with Gasteiger partial charge in [-0.1, -0.05) is 19.3 Å². The van der Waals surface area contributed by atoms with Gasteiger partial charge in [-0.3, -0.25) is 0 Å². The van der Waals surface area contributed by atoms with Crippen LogP contribution in [0.2, 0.25) is 0 Å². The van der Waals surface area contributed by atoms with Crippen LogP contribution in [0, 0.1) is 5.82 Å². The molecule has 0 aliphatic heterocycles. The zero-order valence-electron chi connectivity index (χ0n) is 11.6. The van der Waals surface area contributed by atoms with Crippen molar-refractivity contribution in [3.8, 4) is 0 Å². The molecule has 4 nitrogen and oxygen atoms in total. The summed E-state index contributed by atoms with van der Waals surface area (Å²) >= 11 is 0. The number of hydrogen-bond acceptors (Lipinski definition) is 3. The molecule has 0 radical (unpaired) electrons. The first kappa shape index (κ1) is 13.1. The highest BCUT2D eigenvalue weighted by Gasteiger charge is 2.21. The van der Waals surface area contributed by atoms with Crippen LogP contribution in [-0.4, -0.2) is 14.8 Å². The standard InChI is InChI=1S/C15H19FN4/c1-20-14(11-5-3-2-4-6-11)18-19-15(20)17-13-9-7-12(16)8-10-13/h7-11H,2-6H2,1H3,(H,17,19). The van der Waals surface area contributed by atoms with Crippen molar-refractivity contribution in [2.24, 2.45) is 7.05 Å². The number of hydrogen-bond donors (Lipinski definition) is 1. The van der Waals surface area contributed by atoms with Crippen molar-refractivity contribution in [1.29, 1.82) is 0 Å². The summed E-state index contributed by atoms with van der Waals surface area (Å²) in [5.41, 5.74) is 0.817. The second-order valence-corrected chi connectivity index (χ2v) is 5.41. The van der Waals surface area contributed by atoms with Crippen LogP contribution in [0.5, 0.6) is 0 Å². The van der Waals surface area contributed by atoms with Gasteiger partial charge in [0.1, 0.15) is 11.6 Å². The van der Waals surface area contributed by atoms with Crippen molar-refractivity contribution < 1.29 is 4.39 Å². The Bertz CT molecular complexity index is 570. The van der Waals surface area contributed by atoms with Crippen LogP contribution in [-0.2, 0) is 7.05 Å². The lowest BCUT2D eigenvalue weighted by molar-refractivity contribution is 0.421. The molecule has 0 atom stereocenters. The van der Waals surface area contributed by atoms with Gasteiger partial charge < -0.3 is 9.88 Å². The molecule has 1 aliphatic carbocycles. The third kappa shape index (κ3) is 2.66. The van der Waals surface area contributed by atoms with Crippen LogP contribution in [0.25, 0.3) is 0 Å². The van der Waals surface area contributed by atoms with E-state index >= 15 is 0 Å². The maximum Gasteiger partial charge on any atom is 0.228 e. The zero-order valence-corrected chi connectivity index (χ0v) is 11.6. The Balaban J connectivity index is 1.77. The highest BCUT2D eigenvalue weighted by atomic mass is 19.1. The molecule has 1 fully saturated rings. The quantitative estimate of drug-likeness (QED) is 0.927. The third-order valence-corrected chi connectivity index (χ3v) is 3.98. The Morgan fingerprint density at radius 3 is 2.50 bits per heavy atom. The largest absolute Gasteiger partial charge is 0.324 e. The zero-order chi connectivity index (χ0) is 13.9. The van der Waals surface area contributed by atoms with Gasteiger partial charge in [0, 0.05) is 18.7 Å². The lowest BCUT2D eigenvalue weighted by Gasteiger charge is -2.20. The maximum absolute atomic E-state index is 12.9. The summed E-state index contributed by atoms with van der Waals surface area (Å²) in [4.78, 5) is 0. The van der Waals surface area contributed by atoms with Crippen molar-refractivity contribution in [2.45, 2.75) is 38.0 Å². The minimum atomic E-state index is -0.239. The van der Waals surface area contributed by atoms with Crippen molar-refractivity contribution in [1.82, 2.24) is 14.8 Å². The molecular formula is C15H19FN4. The summed E-state index contributed by atoms with van der Waals surface area (Å²) in [6.07, 6.45) is 6.27. The normalized spacial score (nSPS) is 16.3. The summed E-state index contributed by atoms with van der Waals surface area (Å²) in [6.45, 7) is 0. The highest BCUT2D eigenvalue weighted by Crippen LogP contribution is 2.32. The SMILES string of the molecule is Cn1c(Nc2ccc(F)cc2)nnc1C1CCCCC1. The van der Waals surface area contributed by atoms with E-state index in [0.717, 1.165) is 11.5 Å². The van der Waals surface area contributed by atoms with E-state index in [0.29, 0.717) is 11.9 Å². The fourth-order valence-corrected chi connectivity index (χ4v) is 2.83. The molecule has 0 spiro atoms. The van der Waals surface area contributed by atoms with E-state index < -0.39 is 0 Å². The fourth-order valence-electron chi connectivity index (χ4n) is 2.83. The number of nitrogens with one attached hydrogen (secondary N) is 1. The first-order valence-corrected chi connectivity index (χ1v) is 7.16. The van der Waals surface area contributed by atoms with Gasteiger partial charge in [0.2, 0.25) is 5.95 Å². The average Bonchev–Trinajstić information content (AvgIpc) is 2.84. The topological polar surface area (TPSA) is 42.7 Å². The highest BCUT2D eigenvalue weighted by molar-refractivity contribution is 5.53. The number of rotatable bonds is 3. The van der Waals surface area contributed by atoms with Crippen LogP contribution >= 0.6 is 0 Å². The molecule has 1 saturated carbocycles. The molecule has 0 amide bonds. The smallest absolute Gasteiger partial charge is 0.228 e. The molecule has 20 heavy (non-hydrogen) atoms. The predicted molar refractivity (Wildman–Crippen MR) is 76.5 cm³/mol. The molecule has 0 saturated heterocycles. The van der Waals surface area contributed by atoms with E-state index in [4.69, 9.17) is 0 Å². The van der Waals surface area contributed by atoms with Crippen LogP contribution in [0.4, 0.5) is 16.0 Å². The monoisotopic (exact) mass is 274 g/mol. The fraction of sp³-hybridized carbons (Fsp3) is 0.467. The third-order valence-electron chi connectivity index (χ3n) is 3.98. The molecule has 5 heteroatoms. The van der Waals surface area contributed by atoms with E-state index in [1.807, 2.05) is 11.6 Å². The molecule has 1 aliphatic rings. The Hall–Kier alpha value is -1.91. The van der Waals surface area contributed by atoms with Crippen LogP contribution < -0.4 is 5.32 Å². The van der Waals surface area contributed by atoms with E-state index in [9.17, 15) is 4.39 Å². The first-order valence-electron chi connectivity index (χ1n) is 7.16. The van der Waals surface area contributed by atoms with Crippen LogP contribution in [0.15, 0.2) is 24.3 Å². The van der Waals surface area contributed by atoms with Crippen molar-refractivity contribution in [2.75, 3.05) is 5.32 Å². The lowest BCUT2D eigenvalue weighted by atomic mass is 9.89. The number of anilines is 2. The number of benzene rings is 1. The predicted octanol–water partition coefficient (Wildman–Crippen LogP) is 3.75. The second kappa shape index (κ2) is 5.61. The molecule has 0 bridgehead atoms. The van der Waals surface area contributed by atoms with Crippen LogP contribution in [0.3, 0.4) is 0 Å². The Morgan fingerprint density at radius 1 is 1.10 bits per heavy atom. The number of aromatic nitrogens is 3. The molecule has 106 valence electrons. The van der Waals surface area contributed by atoms with Crippen LogP contribution in [0.1, 0.15) is 43.8 Å². The summed E-state index contributed by atoms with van der Waals surface area (Å²) in [5, 5.41) is 11.7. The molecule has 1 heterocycles. The molecule has 1 aromatic carbocycles. The van der Waals surface area contributed by atoms with Crippen molar-refractivity contribution in [3.63, 3.8) is 0 Å². The second-order valence-electron chi connectivity index (χ2n) is 5.41. The van der Waals surface area contributed by atoms with Gasteiger partial charge in [-0.15, -0.1) is 10.2 Å². The van der Waals surface area contributed by atoms with Gasteiger partial charge >= 0.3 is 0 Å². The maximum atomic E-state index is 12.9. The Kier molecular flexibility index (Phi) is 3.67. The summed E-state index contributed by atoms with van der Waals surface area (Å²) in [7, 11) is 1.98. The van der Waals surface area contributed by atoms with Gasteiger partial charge in [0.15, 0.2) is 0 Å². The minimum Gasteiger partial charge on any atom is -0.324 e. The molecular weight excluding hydrogens is 255 g/mol. The van der Waals surface area contributed by atoms with E-state index in [-0.39, 0.29) is 5.82 Å². The summed E-state index contributed by atoms with van der Waals surface area (Å²) in [5.74, 6) is 2.04. The van der Waals surface area contributed by atoms with Crippen molar-refractivity contribution >= 4 is 11.6 Å². The van der Waals surface area contributed by atoms with Gasteiger partial charge in [-0.25, -0.2) is 4.39 Å². The van der Waals surface area contributed by atoms with E-state index in [2.05, 4.69) is 15.5 Å². The van der Waals surface area contributed by atoms with Crippen molar-refractivity contribution in [3.05, 3.63) is 35.9 Å². The summed E-state index contributed by atoms with van der Waals surface area (Å²) in [6, 6.07) is 6.26. The van der Waals surface area contributed by atoms with Gasteiger partial charge in [-0.05, 0) is 37.1 Å². The minimum absolute atomic E-state index is 0.239. The first-order chi connectivity index (χ1) is 9.74. The molecule has 1 aromatic heterocycles. The molecule has 0 unspecified atom stereocenters. The van der Waals surface area contributed by atoms with E-state index in [1.54, 1.807) is 12.1 Å². The van der Waals surface area contributed by atoms with Gasteiger partial charge in [0.05, 0.1) is 0 Å². The summed E-state index contributed by atoms with van der Waals surface area (Å²) < 4.78 is 14.9. The average molecular weight is 274 g/mol. The van der Waals surface area contributed by atoms with Gasteiger partial charge in [0.25, 0.3) is 0 Å². The van der Waals surface area contributed by atoms with Gasteiger partial charge in [-0.2, -0.15) is 0 Å². The Labute approximate surface area is 118 Å². The number of halogens is 1. The molecule has 3 rings (SSSR count). The molecule has 1 N–H and O–H groups in total. The number of nitrogens with zero attached hydrogens (tertiary/aromatic N) is 3. The lowest BCUT2D eigenvalue weighted by Crippen LogP contribution is -2.11. The molecule has 2 aromatic rings.